The summed E-state index contributed by atoms with van der Waals surface area (Å²) < 4.78 is 2.86. The second kappa shape index (κ2) is 5.33. The van der Waals surface area contributed by atoms with Crippen molar-refractivity contribution in [2.24, 2.45) is 5.73 Å². The van der Waals surface area contributed by atoms with Gasteiger partial charge in [0, 0.05) is 0 Å². The van der Waals surface area contributed by atoms with E-state index in [-0.39, 0.29) is 0 Å². The predicted octanol–water partition coefficient (Wildman–Crippen LogP) is 0.375. The van der Waals surface area contributed by atoms with Crippen molar-refractivity contribution >= 4 is 18.8 Å². The number of nitrogens with two attached hydrogens (primary N) is 1. The first-order valence-electron chi connectivity index (χ1n) is 1.66. The fourth-order valence-electron chi connectivity index (χ4n) is 0.105. The van der Waals surface area contributed by atoms with Crippen molar-refractivity contribution in [1.82, 2.24) is 3.88 Å². The van der Waals surface area contributed by atoms with Gasteiger partial charge in [-0.05, 0) is 0 Å². The zero-order chi connectivity index (χ0) is 5.70. The first-order chi connectivity index (χ1) is 3.27. The minimum absolute atomic E-state index is 0.605. The van der Waals surface area contributed by atoms with Gasteiger partial charge in [-0.25, -0.2) is 0 Å². The van der Waals surface area contributed by atoms with Gasteiger partial charge in [0.2, 0.25) is 0 Å². The molecule has 0 aliphatic carbocycles. The van der Waals surface area contributed by atoms with Gasteiger partial charge in [-0.15, -0.1) is 0 Å². The SMILES string of the molecule is NCC[NH][Pt]([Cl])[Cl]. The average molecular weight is 325 g/mol. The third-order valence-electron chi connectivity index (χ3n) is 0.308. The van der Waals surface area contributed by atoms with Crippen molar-refractivity contribution in [2.75, 3.05) is 13.1 Å². The van der Waals surface area contributed by atoms with Gasteiger partial charge in [-0.1, -0.05) is 0 Å². The van der Waals surface area contributed by atoms with Crippen molar-refractivity contribution in [3.05, 3.63) is 0 Å². The Bertz CT molecular complexity index is 42.7. The molecule has 0 atom stereocenters. The van der Waals surface area contributed by atoms with E-state index >= 15 is 0 Å². The molecule has 3 N–H and O–H groups in total. The van der Waals surface area contributed by atoms with Crippen LogP contribution in [0.1, 0.15) is 0 Å². The Morgan fingerprint density at radius 2 is 2.14 bits per heavy atom. The monoisotopic (exact) mass is 324 g/mol. The minimum atomic E-state index is -1.72. The van der Waals surface area contributed by atoms with Crippen molar-refractivity contribution in [1.29, 1.82) is 0 Å². The third-order valence-corrected chi connectivity index (χ3v) is 2.87. The molecule has 0 amide bonds. The third kappa shape index (κ3) is 7.19. The van der Waals surface area contributed by atoms with Crippen LogP contribution in [-0.2, 0) is 15.5 Å². The number of halogens is 2. The van der Waals surface area contributed by atoms with Crippen molar-refractivity contribution in [3.63, 3.8) is 0 Å². The molecule has 0 fully saturated rings. The van der Waals surface area contributed by atoms with Crippen LogP contribution in [0.3, 0.4) is 0 Å². The van der Waals surface area contributed by atoms with E-state index in [0.717, 1.165) is 6.54 Å². The Morgan fingerprint density at radius 1 is 1.57 bits per heavy atom. The summed E-state index contributed by atoms with van der Waals surface area (Å²) in [6, 6.07) is 0. The van der Waals surface area contributed by atoms with Crippen LogP contribution < -0.4 is 9.61 Å². The van der Waals surface area contributed by atoms with Gasteiger partial charge < -0.3 is 0 Å². The number of hydrogen-bond donors (Lipinski definition) is 2. The Kier molecular flexibility index (Phi) is 6.23. The van der Waals surface area contributed by atoms with Gasteiger partial charge in [0.05, 0.1) is 0 Å². The quantitative estimate of drug-likeness (QED) is 0.787. The van der Waals surface area contributed by atoms with Crippen LogP contribution in [0, 0.1) is 0 Å². The van der Waals surface area contributed by atoms with Gasteiger partial charge >= 0.3 is 57.0 Å². The van der Waals surface area contributed by atoms with E-state index in [1.165, 1.54) is 0 Å². The molecule has 0 aliphatic heterocycles. The van der Waals surface area contributed by atoms with Crippen LogP contribution in [0.2, 0.25) is 0 Å². The molecule has 2 nitrogen and oxygen atoms in total. The molecule has 0 saturated carbocycles. The maximum absolute atomic E-state index is 5.41. The fourth-order valence-corrected chi connectivity index (χ4v) is 1.84. The van der Waals surface area contributed by atoms with Crippen LogP contribution in [-0.4, -0.2) is 13.1 Å². The zero-order valence-electron chi connectivity index (χ0n) is 3.56. The molecular weight excluding hydrogens is 318 g/mol. The van der Waals surface area contributed by atoms with Gasteiger partial charge in [0.25, 0.3) is 0 Å². The zero-order valence-corrected chi connectivity index (χ0v) is 7.35. The first kappa shape index (κ1) is 8.19. The summed E-state index contributed by atoms with van der Waals surface area (Å²) in [4.78, 5) is 0. The summed E-state index contributed by atoms with van der Waals surface area (Å²) in [5.74, 6) is 0. The standard InChI is InChI=1S/C2H7N2.2ClH.Pt/c3-1-2-4;;;/h3H,1-2,4H2;2*1H;/q-1;;;+3/p-2. The summed E-state index contributed by atoms with van der Waals surface area (Å²) in [5.41, 5.74) is 5.12. The summed E-state index contributed by atoms with van der Waals surface area (Å²) >= 11 is -1.72. The van der Waals surface area contributed by atoms with Gasteiger partial charge in [-0.2, -0.15) is 0 Å². The molecule has 0 spiro atoms. The summed E-state index contributed by atoms with van der Waals surface area (Å²) in [6.07, 6.45) is 0. The molecule has 0 radical (unpaired) electrons. The second-order valence-electron chi connectivity index (χ2n) is 0.815. The Morgan fingerprint density at radius 3 is 2.29 bits per heavy atom. The molecule has 5 heteroatoms. The number of nitrogens with one attached hydrogen (secondary N) is 1. The number of hydrogen-bond acceptors (Lipinski definition) is 2. The Labute approximate surface area is 57.1 Å². The molecule has 0 heterocycles. The van der Waals surface area contributed by atoms with Crippen molar-refractivity contribution in [3.8, 4) is 0 Å². The van der Waals surface area contributed by atoms with E-state index in [2.05, 4.69) is 3.88 Å². The maximum atomic E-state index is 5.41. The first-order valence-corrected chi connectivity index (χ1v) is 8.43. The molecule has 0 bridgehead atoms. The van der Waals surface area contributed by atoms with Crippen LogP contribution in [0.5, 0.6) is 0 Å². The average Bonchev–Trinajstić information content (AvgIpc) is 1.61. The van der Waals surface area contributed by atoms with E-state index in [1.807, 2.05) is 0 Å². The molecule has 0 aromatic carbocycles. The van der Waals surface area contributed by atoms with Crippen LogP contribution in [0.15, 0.2) is 0 Å². The van der Waals surface area contributed by atoms with E-state index in [1.54, 1.807) is 0 Å². The fraction of sp³-hybridized carbons (Fsp3) is 1.00. The Hall–Kier alpha value is 1.19. The van der Waals surface area contributed by atoms with Crippen molar-refractivity contribution < 1.29 is 15.5 Å². The molecule has 0 saturated heterocycles. The molecule has 0 aliphatic rings. The van der Waals surface area contributed by atoms with E-state index in [0.29, 0.717) is 6.54 Å². The van der Waals surface area contributed by atoms with Crippen molar-refractivity contribution in [2.45, 2.75) is 0 Å². The molecule has 0 rings (SSSR count). The molecule has 7 heavy (non-hydrogen) atoms. The molecule has 0 aromatic rings. The van der Waals surface area contributed by atoms with Gasteiger partial charge in [0.15, 0.2) is 0 Å². The summed E-state index contributed by atoms with van der Waals surface area (Å²) in [6.45, 7) is 1.34. The van der Waals surface area contributed by atoms with E-state index in [4.69, 9.17) is 24.6 Å². The topological polar surface area (TPSA) is 38.0 Å². The summed E-state index contributed by atoms with van der Waals surface area (Å²) in [7, 11) is 10.8. The van der Waals surface area contributed by atoms with Gasteiger partial charge in [0.1, 0.15) is 0 Å². The number of rotatable bonds is 3. The summed E-state index contributed by atoms with van der Waals surface area (Å²) in [5, 5.41) is 0. The molecule has 0 aromatic heterocycles. The van der Waals surface area contributed by atoms with Crippen LogP contribution in [0.4, 0.5) is 0 Å². The van der Waals surface area contributed by atoms with Crippen LogP contribution >= 0.6 is 18.8 Å². The van der Waals surface area contributed by atoms with E-state index in [9.17, 15) is 0 Å². The molecule has 49 valence electrons. The molecular formula is C2H7Cl2N2Pt. The van der Waals surface area contributed by atoms with Gasteiger partial charge in [-0.3, -0.25) is 0 Å². The van der Waals surface area contributed by atoms with E-state index < -0.39 is 15.5 Å². The second-order valence-corrected chi connectivity index (χ2v) is 7.72. The predicted molar refractivity (Wildman–Crippen MR) is 28.8 cm³/mol. The van der Waals surface area contributed by atoms with Crippen LogP contribution in [0.25, 0.3) is 0 Å². The Balaban J connectivity index is 2.68. The molecule has 0 unspecified atom stereocenters. The normalized spacial score (nSPS) is 11.6.